The van der Waals surface area contributed by atoms with E-state index in [0.29, 0.717) is 29.8 Å². The Morgan fingerprint density at radius 1 is 1.00 bits per heavy atom. The van der Waals surface area contributed by atoms with Crippen molar-refractivity contribution in [3.63, 3.8) is 0 Å². The van der Waals surface area contributed by atoms with Gasteiger partial charge in [-0.3, -0.25) is 14.4 Å². The third-order valence-corrected chi connectivity index (χ3v) is 4.49. The van der Waals surface area contributed by atoms with E-state index in [-0.39, 0.29) is 17.7 Å². The lowest BCUT2D eigenvalue weighted by molar-refractivity contribution is -0.119. The van der Waals surface area contributed by atoms with Crippen molar-refractivity contribution in [2.45, 2.75) is 32.6 Å². The zero-order valence-corrected chi connectivity index (χ0v) is 15.3. The number of hydrogen-bond acceptors (Lipinski definition) is 3. The van der Waals surface area contributed by atoms with E-state index >= 15 is 0 Å². The number of benzene rings is 2. The van der Waals surface area contributed by atoms with Crippen LogP contribution in [0.15, 0.2) is 48.5 Å². The first-order valence-corrected chi connectivity index (χ1v) is 9.18. The van der Waals surface area contributed by atoms with E-state index < -0.39 is 0 Å². The van der Waals surface area contributed by atoms with Gasteiger partial charge in [-0.15, -0.1) is 0 Å². The summed E-state index contributed by atoms with van der Waals surface area (Å²) in [6, 6.07) is 14.1. The van der Waals surface area contributed by atoms with Gasteiger partial charge in [-0.05, 0) is 55.3 Å². The highest BCUT2D eigenvalue weighted by molar-refractivity contribution is 6.05. The molecular formula is C21H23N3O3. The summed E-state index contributed by atoms with van der Waals surface area (Å²) in [4.78, 5) is 37.7. The van der Waals surface area contributed by atoms with Crippen molar-refractivity contribution in [3.05, 3.63) is 54.1 Å². The van der Waals surface area contributed by atoms with Crippen molar-refractivity contribution >= 4 is 34.8 Å². The zero-order chi connectivity index (χ0) is 19.2. The summed E-state index contributed by atoms with van der Waals surface area (Å²) in [6.45, 7) is 2.50. The van der Waals surface area contributed by atoms with Gasteiger partial charge < -0.3 is 15.5 Å². The van der Waals surface area contributed by atoms with Crippen molar-refractivity contribution in [2.75, 3.05) is 22.1 Å². The highest BCUT2D eigenvalue weighted by Gasteiger charge is 2.19. The van der Waals surface area contributed by atoms with Gasteiger partial charge >= 0.3 is 0 Å². The number of carbonyl (C=O) groups excluding carboxylic acids is 3. The zero-order valence-electron chi connectivity index (χ0n) is 15.3. The maximum Gasteiger partial charge on any atom is 0.255 e. The Bertz CT molecular complexity index is 846. The fourth-order valence-corrected chi connectivity index (χ4v) is 3.00. The fraction of sp³-hybridized carbons (Fsp3) is 0.286. The topological polar surface area (TPSA) is 78.5 Å². The van der Waals surface area contributed by atoms with Gasteiger partial charge in [0.1, 0.15) is 0 Å². The summed E-state index contributed by atoms with van der Waals surface area (Å²) < 4.78 is 0. The lowest BCUT2D eigenvalue weighted by Crippen LogP contribution is -2.35. The number of nitrogens with one attached hydrogen (secondary N) is 2. The van der Waals surface area contributed by atoms with Gasteiger partial charge in [0.2, 0.25) is 11.8 Å². The number of nitrogens with zero attached hydrogens (tertiary/aromatic N) is 1. The first-order chi connectivity index (χ1) is 13.1. The van der Waals surface area contributed by atoms with Gasteiger partial charge in [-0.1, -0.05) is 13.0 Å². The average Bonchev–Trinajstić information content (AvgIpc) is 2.68. The SMILES string of the molecule is CCC(=O)Nc1cccc(NC(=O)c2ccc(N3CCCCC3=O)cc2)c1. The standard InChI is InChI=1S/C21H23N3O3/c1-2-19(25)22-16-6-5-7-17(14-16)23-21(27)15-9-11-18(12-10-15)24-13-4-3-8-20(24)26/h5-7,9-12,14H,2-4,8,13H2,1H3,(H,22,25)(H,23,27). The molecule has 0 spiro atoms. The minimum atomic E-state index is -0.245. The molecule has 1 aliphatic rings. The van der Waals surface area contributed by atoms with Gasteiger partial charge in [0.15, 0.2) is 0 Å². The van der Waals surface area contributed by atoms with Crippen molar-refractivity contribution in [2.24, 2.45) is 0 Å². The van der Waals surface area contributed by atoms with E-state index in [4.69, 9.17) is 0 Å². The minimum absolute atomic E-state index is 0.0821. The number of piperidine rings is 1. The largest absolute Gasteiger partial charge is 0.326 e. The fourth-order valence-electron chi connectivity index (χ4n) is 3.00. The molecule has 0 bridgehead atoms. The molecule has 3 rings (SSSR count). The lowest BCUT2D eigenvalue weighted by atomic mass is 10.1. The van der Waals surface area contributed by atoms with Crippen molar-refractivity contribution in [1.29, 1.82) is 0 Å². The maximum atomic E-state index is 12.5. The molecule has 0 atom stereocenters. The van der Waals surface area contributed by atoms with Crippen LogP contribution in [0.4, 0.5) is 17.1 Å². The van der Waals surface area contributed by atoms with E-state index in [1.54, 1.807) is 60.4 Å². The Hall–Kier alpha value is -3.15. The van der Waals surface area contributed by atoms with Gasteiger partial charge in [-0.2, -0.15) is 0 Å². The second-order valence-corrected chi connectivity index (χ2v) is 6.49. The number of hydrogen-bond donors (Lipinski definition) is 2. The summed E-state index contributed by atoms with van der Waals surface area (Å²) in [7, 11) is 0. The summed E-state index contributed by atoms with van der Waals surface area (Å²) >= 11 is 0. The van der Waals surface area contributed by atoms with Crippen LogP contribution < -0.4 is 15.5 Å². The van der Waals surface area contributed by atoms with E-state index in [0.717, 1.165) is 25.1 Å². The molecule has 6 nitrogen and oxygen atoms in total. The number of anilines is 3. The number of amides is 3. The number of carbonyl (C=O) groups is 3. The minimum Gasteiger partial charge on any atom is -0.326 e. The smallest absolute Gasteiger partial charge is 0.255 e. The summed E-state index contributed by atoms with van der Waals surface area (Å²) in [5.74, 6) is -0.198. The van der Waals surface area contributed by atoms with Gasteiger partial charge in [0.05, 0.1) is 0 Å². The lowest BCUT2D eigenvalue weighted by Gasteiger charge is -2.26. The molecule has 0 aliphatic carbocycles. The summed E-state index contributed by atoms with van der Waals surface area (Å²) in [6.07, 6.45) is 2.90. The molecule has 6 heteroatoms. The molecule has 2 aromatic rings. The molecular weight excluding hydrogens is 342 g/mol. The highest BCUT2D eigenvalue weighted by atomic mass is 16.2. The molecule has 1 aliphatic heterocycles. The third-order valence-electron chi connectivity index (χ3n) is 4.49. The Balaban J connectivity index is 1.67. The summed E-state index contributed by atoms with van der Waals surface area (Å²) in [5, 5.41) is 5.59. The quantitative estimate of drug-likeness (QED) is 0.846. The molecule has 0 aromatic heterocycles. The van der Waals surface area contributed by atoms with Crippen LogP contribution in [0.5, 0.6) is 0 Å². The predicted octanol–water partition coefficient (Wildman–Crippen LogP) is 3.80. The highest BCUT2D eigenvalue weighted by Crippen LogP contribution is 2.22. The van der Waals surface area contributed by atoms with Crippen LogP contribution in [0.2, 0.25) is 0 Å². The Morgan fingerprint density at radius 3 is 2.37 bits per heavy atom. The van der Waals surface area contributed by atoms with Gasteiger partial charge in [0.25, 0.3) is 5.91 Å². The molecule has 2 aromatic carbocycles. The molecule has 0 unspecified atom stereocenters. The van der Waals surface area contributed by atoms with E-state index in [1.807, 2.05) is 0 Å². The maximum absolute atomic E-state index is 12.5. The predicted molar refractivity (Wildman–Crippen MR) is 106 cm³/mol. The molecule has 2 N–H and O–H groups in total. The van der Waals surface area contributed by atoms with Crippen molar-refractivity contribution < 1.29 is 14.4 Å². The van der Waals surface area contributed by atoms with Crippen LogP contribution in [0.3, 0.4) is 0 Å². The molecule has 1 saturated heterocycles. The average molecular weight is 365 g/mol. The van der Waals surface area contributed by atoms with Gasteiger partial charge in [0, 0.05) is 42.0 Å². The Labute approximate surface area is 158 Å². The van der Waals surface area contributed by atoms with Gasteiger partial charge in [-0.25, -0.2) is 0 Å². The van der Waals surface area contributed by atoms with E-state index in [1.165, 1.54) is 0 Å². The van der Waals surface area contributed by atoms with E-state index in [2.05, 4.69) is 10.6 Å². The Kier molecular flexibility index (Phi) is 5.86. The molecule has 0 saturated carbocycles. The molecule has 1 heterocycles. The summed E-state index contributed by atoms with van der Waals surface area (Å²) in [5.41, 5.74) is 2.56. The first kappa shape index (κ1) is 18.6. The van der Waals surface area contributed by atoms with Crippen LogP contribution in [-0.4, -0.2) is 24.3 Å². The number of rotatable bonds is 5. The molecule has 27 heavy (non-hydrogen) atoms. The normalized spacial score (nSPS) is 14.0. The van der Waals surface area contributed by atoms with Crippen LogP contribution in [-0.2, 0) is 9.59 Å². The second kappa shape index (κ2) is 8.49. The molecule has 0 radical (unpaired) electrons. The van der Waals surface area contributed by atoms with Crippen molar-refractivity contribution in [3.8, 4) is 0 Å². The van der Waals surface area contributed by atoms with Crippen molar-refractivity contribution in [1.82, 2.24) is 0 Å². The monoisotopic (exact) mass is 365 g/mol. The van der Waals surface area contributed by atoms with Crippen LogP contribution >= 0.6 is 0 Å². The van der Waals surface area contributed by atoms with Crippen LogP contribution in [0, 0.1) is 0 Å². The second-order valence-electron chi connectivity index (χ2n) is 6.49. The first-order valence-electron chi connectivity index (χ1n) is 9.18. The third kappa shape index (κ3) is 4.73. The molecule has 140 valence electrons. The van der Waals surface area contributed by atoms with Crippen LogP contribution in [0.1, 0.15) is 43.0 Å². The Morgan fingerprint density at radius 2 is 1.70 bits per heavy atom. The molecule has 1 fully saturated rings. The molecule has 3 amide bonds. The van der Waals surface area contributed by atoms with E-state index in [9.17, 15) is 14.4 Å². The van der Waals surface area contributed by atoms with Crippen LogP contribution in [0.25, 0.3) is 0 Å².